The molecule has 0 aromatic heterocycles. The summed E-state index contributed by atoms with van der Waals surface area (Å²) in [6.07, 6.45) is 13.4. The van der Waals surface area contributed by atoms with Crippen LogP contribution in [0.3, 0.4) is 0 Å². The quantitative estimate of drug-likeness (QED) is 0.0523. The molecule has 0 saturated carbocycles. The number of rotatable bonds is 24. The van der Waals surface area contributed by atoms with Gasteiger partial charge in [-0.25, -0.2) is 4.79 Å². The number of unbranched alkanes of at least 4 members (excludes halogenated alkanes) is 11. The first kappa shape index (κ1) is 35.8. The molecule has 9 nitrogen and oxygen atoms in total. The third kappa shape index (κ3) is 23.6. The number of carbonyl (C=O) groups is 2. The molecule has 0 heterocycles. The summed E-state index contributed by atoms with van der Waals surface area (Å²) in [5.41, 5.74) is 0.159. The Morgan fingerprint density at radius 2 is 1.35 bits per heavy atom. The Morgan fingerprint density at radius 1 is 0.865 bits per heavy atom. The summed E-state index contributed by atoms with van der Waals surface area (Å²) in [7, 11) is 1.00. The molecule has 0 aromatic carbocycles. The highest BCUT2D eigenvalue weighted by Gasteiger charge is 2.23. The van der Waals surface area contributed by atoms with Crippen molar-refractivity contribution in [1.82, 2.24) is 0 Å². The molecular formula is C27H52NO8P. The van der Waals surface area contributed by atoms with Crippen molar-refractivity contribution in [2.45, 2.75) is 103 Å². The highest BCUT2D eigenvalue weighted by molar-refractivity contribution is 7.45. The summed E-state index contributed by atoms with van der Waals surface area (Å²) in [6.45, 7) is 6.78. The van der Waals surface area contributed by atoms with E-state index in [9.17, 15) is 19.0 Å². The van der Waals surface area contributed by atoms with Crippen LogP contribution in [0.4, 0.5) is 0 Å². The second-order valence-corrected chi connectivity index (χ2v) is 12.1. The zero-order valence-corrected chi connectivity index (χ0v) is 24.9. The molecule has 218 valence electrons. The first-order valence-corrected chi connectivity index (χ1v) is 15.2. The van der Waals surface area contributed by atoms with Gasteiger partial charge < -0.3 is 27.9 Å². The van der Waals surface area contributed by atoms with E-state index < -0.39 is 32.5 Å². The molecular weight excluding hydrogens is 497 g/mol. The Morgan fingerprint density at radius 3 is 1.84 bits per heavy atom. The number of esters is 2. The van der Waals surface area contributed by atoms with Crippen LogP contribution in [0.1, 0.15) is 97.3 Å². The van der Waals surface area contributed by atoms with E-state index in [0.29, 0.717) is 17.4 Å². The number of quaternary nitrogens is 1. The SMILES string of the molecule is C=C(C)C(=O)OCC(COC(=O)CCCCCCCCCCCCCC)OP(=O)([O-])OCC[N+](C)(C)C. The lowest BCUT2D eigenvalue weighted by Crippen LogP contribution is -2.38. The number of nitrogens with zero attached hydrogens (tertiary/aromatic N) is 1. The van der Waals surface area contributed by atoms with Crippen molar-refractivity contribution in [3.05, 3.63) is 12.2 Å². The predicted octanol–water partition coefficient (Wildman–Crippen LogP) is 5.32. The molecule has 2 atom stereocenters. The van der Waals surface area contributed by atoms with E-state index in [2.05, 4.69) is 13.5 Å². The highest BCUT2D eigenvalue weighted by Crippen LogP contribution is 2.40. The summed E-state index contributed by atoms with van der Waals surface area (Å²) in [5.74, 6) is -1.14. The molecule has 0 saturated heterocycles. The Hall–Kier alpha value is -1.25. The molecule has 0 aliphatic heterocycles. The van der Waals surface area contributed by atoms with Gasteiger partial charge in [-0.2, -0.15) is 0 Å². The molecule has 0 radical (unpaired) electrons. The largest absolute Gasteiger partial charge is 0.756 e. The first-order chi connectivity index (χ1) is 17.4. The lowest BCUT2D eigenvalue weighted by Gasteiger charge is -2.29. The fraction of sp³-hybridized carbons (Fsp3) is 0.852. The first-order valence-electron chi connectivity index (χ1n) is 13.8. The number of likely N-dealkylation sites (N-methyl/N-ethyl adjacent to an activating group) is 1. The van der Waals surface area contributed by atoms with Crippen LogP contribution in [0.25, 0.3) is 0 Å². The van der Waals surface area contributed by atoms with Crippen molar-refractivity contribution in [3.63, 3.8) is 0 Å². The van der Waals surface area contributed by atoms with Crippen molar-refractivity contribution in [1.29, 1.82) is 0 Å². The van der Waals surface area contributed by atoms with Crippen LogP contribution in [0.2, 0.25) is 0 Å². The van der Waals surface area contributed by atoms with Gasteiger partial charge in [0, 0.05) is 12.0 Å². The van der Waals surface area contributed by atoms with Gasteiger partial charge in [0.25, 0.3) is 7.82 Å². The highest BCUT2D eigenvalue weighted by atomic mass is 31.2. The molecule has 0 aromatic rings. The van der Waals surface area contributed by atoms with E-state index in [0.717, 1.165) is 12.8 Å². The van der Waals surface area contributed by atoms with Crippen LogP contribution >= 0.6 is 7.82 Å². The van der Waals surface area contributed by atoms with Gasteiger partial charge in [-0.15, -0.1) is 0 Å². The maximum atomic E-state index is 12.2. The number of ether oxygens (including phenoxy) is 2. The van der Waals surface area contributed by atoms with Crippen LogP contribution in [0, 0.1) is 0 Å². The summed E-state index contributed by atoms with van der Waals surface area (Å²) in [5, 5.41) is 0. The minimum absolute atomic E-state index is 0.0682. The molecule has 2 unspecified atom stereocenters. The lowest BCUT2D eigenvalue weighted by atomic mass is 10.0. The third-order valence-corrected chi connectivity index (χ3v) is 6.76. The molecule has 0 spiro atoms. The Bertz CT molecular complexity index is 692. The van der Waals surface area contributed by atoms with Crippen molar-refractivity contribution in [2.24, 2.45) is 0 Å². The Kier molecular flexibility index (Phi) is 20.0. The topological polar surface area (TPSA) is 111 Å². The molecule has 0 aliphatic rings. The van der Waals surface area contributed by atoms with E-state index in [-0.39, 0.29) is 25.2 Å². The van der Waals surface area contributed by atoms with Gasteiger partial charge >= 0.3 is 11.9 Å². The molecule has 10 heteroatoms. The Labute approximate surface area is 225 Å². The molecule has 0 N–H and O–H groups in total. The summed E-state index contributed by atoms with van der Waals surface area (Å²) >= 11 is 0. The average molecular weight is 550 g/mol. The minimum Gasteiger partial charge on any atom is -0.756 e. The van der Waals surface area contributed by atoms with Crippen LogP contribution in [-0.2, 0) is 32.7 Å². The van der Waals surface area contributed by atoms with E-state index in [4.69, 9.17) is 18.5 Å². The predicted molar refractivity (Wildman–Crippen MR) is 144 cm³/mol. The lowest BCUT2D eigenvalue weighted by molar-refractivity contribution is -0.870. The minimum atomic E-state index is -4.69. The fourth-order valence-electron chi connectivity index (χ4n) is 3.41. The molecule has 0 rings (SSSR count). The van der Waals surface area contributed by atoms with Gasteiger partial charge in [0.2, 0.25) is 0 Å². The zero-order chi connectivity index (χ0) is 28.2. The smallest absolute Gasteiger partial charge is 0.333 e. The number of hydrogen-bond donors (Lipinski definition) is 0. The summed E-state index contributed by atoms with van der Waals surface area (Å²) in [4.78, 5) is 36.1. The van der Waals surface area contributed by atoms with Crippen LogP contribution in [-0.4, -0.2) is 70.0 Å². The number of phosphoric acid groups is 1. The van der Waals surface area contributed by atoms with E-state index in [1.54, 1.807) is 0 Å². The van der Waals surface area contributed by atoms with Gasteiger partial charge in [0.05, 0.1) is 21.1 Å². The van der Waals surface area contributed by atoms with Crippen LogP contribution in [0.5, 0.6) is 0 Å². The van der Waals surface area contributed by atoms with Gasteiger partial charge in [-0.1, -0.05) is 84.1 Å². The van der Waals surface area contributed by atoms with Gasteiger partial charge in [-0.05, 0) is 13.3 Å². The number of phosphoric ester groups is 1. The van der Waals surface area contributed by atoms with Gasteiger partial charge in [0.1, 0.15) is 32.5 Å². The summed E-state index contributed by atoms with van der Waals surface area (Å²) in [6, 6.07) is 0. The molecule has 0 amide bonds. The van der Waals surface area contributed by atoms with Crippen LogP contribution in [0.15, 0.2) is 12.2 Å². The third-order valence-electron chi connectivity index (χ3n) is 5.70. The zero-order valence-electron chi connectivity index (χ0n) is 24.0. The maximum Gasteiger partial charge on any atom is 0.333 e. The van der Waals surface area contributed by atoms with Crippen molar-refractivity contribution in [3.8, 4) is 0 Å². The molecule has 0 fully saturated rings. The van der Waals surface area contributed by atoms with Gasteiger partial charge in [-0.3, -0.25) is 9.36 Å². The van der Waals surface area contributed by atoms with E-state index in [1.807, 2.05) is 21.1 Å². The number of hydrogen-bond acceptors (Lipinski definition) is 8. The standard InChI is InChI=1S/C27H52NO8P/c1-7-8-9-10-11-12-13-14-15-16-17-18-19-26(29)33-22-25(23-34-27(30)24(2)3)36-37(31,32)35-21-20-28(4,5)6/h25H,2,7-23H2,1,3-6H3. The van der Waals surface area contributed by atoms with Crippen molar-refractivity contribution >= 4 is 19.8 Å². The summed E-state index contributed by atoms with van der Waals surface area (Å²) < 4.78 is 32.9. The van der Waals surface area contributed by atoms with Gasteiger partial charge in [0.15, 0.2) is 0 Å². The second kappa shape index (κ2) is 20.7. The normalized spacial score (nSPS) is 14.1. The van der Waals surface area contributed by atoms with Crippen molar-refractivity contribution < 1.29 is 42.1 Å². The Balaban J connectivity index is 4.29. The average Bonchev–Trinajstić information content (AvgIpc) is 2.80. The molecule has 0 aliphatic carbocycles. The second-order valence-electron chi connectivity index (χ2n) is 10.7. The maximum absolute atomic E-state index is 12.2. The monoisotopic (exact) mass is 549 g/mol. The van der Waals surface area contributed by atoms with E-state index >= 15 is 0 Å². The van der Waals surface area contributed by atoms with Crippen molar-refractivity contribution in [2.75, 3.05) is 47.5 Å². The molecule has 37 heavy (non-hydrogen) atoms. The van der Waals surface area contributed by atoms with E-state index in [1.165, 1.54) is 64.7 Å². The number of carbonyl (C=O) groups excluding carboxylic acids is 2. The molecule has 0 bridgehead atoms. The fourth-order valence-corrected chi connectivity index (χ4v) is 4.26. The van der Waals surface area contributed by atoms with Crippen LogP contribution < -0.4 is 4.89 Å².